The minimum absolute atomic E-state index is 0.0481. The maximum atomic E-state index is 13.7. The van der Waals surface area contributed by atoms with Crippen molar-refractivity contribution in [1.29, 1.82) is 0 Å². The normalized spacial score (nSPS) is 17.5. The lowest BCUT2D eigenvalue weighted by Crippen LogP contribution is -2.67. The number of likely N-dealkylation sites (tertiary alicyclic amines) is 1. The Balaban J connectivity index is 1.53. The zero-order valence-electron chi connectivity index (χ0n) is 19.0. The molecular formula is C24H27ClN6O2. The Labute approximate surface area is 197 Å². The molecule has 9 heteroatoms. The van der Waals surface area contributed by atoms with E-state index >= 15 is 0 Å². The van der Waals surface area contributed by atoms with E-state index in [1.807, 2.05) is 45.0 Å². The molecule has 0 spiro atoms. The molecule has 3 aromatic rings. The minimum Gasteiger partial charge on any atom is -0.329 e. The minimum atomic E-state index is -0.911. The lowest BCUT2D eigenvalue weighted by molar-refractivity contribution is -0.164. The second-order valence-corrected chi connectivity index (χ2v) is 9.29. The molecule has 172 valence electrons. The Morgan fingerprint density at radius 3 is 2.36 bits per heavy atom. The number of hydrogen-bond donors (Lipinski definition) is 1. The first-order valence-electron chi connectivity index (χ1n) is 10.9. The molecule has 0 radical (unpaired) electrons. The number of aromatic amines is 1. The summed E-state index contributed by atoms with van der Waals surface area (Å²) in [6.45, 7) is 6.97. The fourth-order valence-electron chi connectivity index (χ4n) is 4.39. The standard InChI is InChI=1S/C24H27ClN6O2/c1-16-10-17(2)12-19(11-16)13-22(32)31-9-8-24(31,3)23(33)30(15-21-26-28-29-27-21)14-18-4-6-20(25)7-5-18/h4-7,10-12H,8-9,13-15H2,1-3H3,(H,26,27,28,29). The van der Waals surface area contributed by atoms with Gasteiger partial charge in [-0.1, -0.05) is 58.3 Å². The lowest BCUT2D eigenvalue weighted by Gasteiger charge is -2.51. The molecule has 0 aliphatic carbocycles. The molecule has 1 atom stereocenters. The topological polar surface area (TPSA) is 95.1 Å². The summed E-state index contributed by atoms with van der Waals surface area (Å²) in [6.07, 6.45) is 0.876. The number of carbonyl (C=O) groups excluding carboxylic acids is 2. The summed E-state index contributed by atoms with van der Waals surface area (Å²) in [5, 5.41) is 14.7. The van der Waals surface area contributed by atoms with Crippen LogP contribution in [0, 0.1) is 13.8 Å². The Hall–Kier alpha value is -3.26. The quantitative estimate of drug-likeness (QED) is 0.576. The van der Waals surface area contributed by atoms with E-state index in [9.17, 15) is 9.59 Å². The van der Waals surface area contributed by atoms with E-state index in [2.05, 4.69) is 26.7 Å². The van der Waals surface area contributed by atoms with Gasteiger partial charge in [-0.05, 0) is 50.5 Å². The largest absolute Gasteiger partial charge is 0.329 e. The van der Waals surface area contributed by atoms with Crippen molar-refractivity contribution in [2.45, 2.75) is 52.2 Å². The highest BCUT2D eigenvalue weighted by Gasteiger charge is 2.51. The van der Waals surface area contributed by atoms with Crippen molar-refractivity contribution in [2.75, 3.05) is 6.54 Å². The van der Waals surface area contributed by atoms with Gasteiger partial charge in [0.1, 0.15) is 5.54 Å². The third-order valence-corrected chi connectivity index (χ3v) is 6.36. The highest BCUT2D eigenvalue weighted by atomic mass is 35.5. The number of nitrogens with zero attached hydrogens (tertiary/aromatic N) is 5. The van der Waals surface area contributed by atoms with Gasteiger partial charge in [0.25, 0.3) is 0 Å². The van der Waals surface area contributed by atoms with Crippen LogP contribution in [0.4, 0.5) is 0 Å². The van der Waals surface area contributed by atoms with Crippen molar-refractivity contribution in [3.05, 3.63) is 75.6 Å². The summed E-state index contributed by atoms with van der Waals surface area (Å²) in [5.74, 6) is 0.226. The van der Waals surface area contributed by atoms with E-state index in [1.165, 1.54) is 0 Å². The van der Waals surface area contributed by atoms with Crippen LogP contribution in [0.3, 0.4) is 0 Å². The SMILES string of the molecule is Cc1cc(C)cc(CC(=O)N2CCC2(C)C(=O)N(Cc2ccc(Cl)cc2)Cc2nn[nH]n2)c1. The molecule has 1 aliphatic heterocycles. The van der Waals surface area contributed by atoms with Gasteiger partial charge in [-0.2, -0.15) is 5.21 Å². The number of nitrogens with one attached hydrogen (secondary N) is 1. The van der Waals surface area contributed by atoms with Crippen molar-refractivity contribution in [2.24, 2.45) is 0 Å². The molecule has 2 amide bonds. The van der Waals surface area contributed by atoms with Crippen LogP contribution in [0.1, 0.15) is 41.4 Å². The van der Waals surface area contributed by atoms with Crippen molar-refractivity contribution in [1.82, 2.24) is 30.4 Å². The Morgan fingerprint density at radius 2 is 1.79 bits per heavy atom. The van der Waals surface area contributed by atoms with E-state index in [1.54, 1.807) is 21.9 Å². The van der Waals surface area contributed by atoms with Crippen LogP contribution in [0.25, 0.3) is 0 Å². The predicted molar refractivity (Wildman–Crippen MR) is 124 cm³/mol. The van der Waals surface area contributed by atoms with Gasteiger partial charge in [0.2, 0.25) is 11.8 Å². The number of aryl methyl sites for hydroxylation is 2. The van der Waals surface area contributed by atoms with Crippen LogP contribution < -0.4 is 0 Å². The number of benzene rings is 2. The van der Waals surface area contributed by atoms with E-state index in [-0.39, 0.29) is 24.8 Å². The van der Waals surface area contributed by atoms with Gasteiger partial charge in [0, 0.05) is 18.1 Å². The van der Waals surface area contributed by atoms with Gasteiger partial charge in [0.05, 0.1) is 13.0 Å². The maximum absolute atomic E-state index is 13.7. The molecule has 8 nitrogen and oxygen atoms in total. The second kappa shape index (κ2) is 9.31. The number of H-pyrrole nitrogens is 1. The average Bonchev–Trinajstić information content (AvgIpc) is 3.25. The molecule has 2 aromatic carbocycles. The number of rotatable bonds is 7. The van der Waals surface area contributed by atoms with Gasteiger partial charge < -0.3 is 9.80 Å². The molecule has 1 unspecified atom stereocenters. The number of tetrazole rings is 1. The molecule has 0 bridgehead atoms. The number of carbonyl (C=O) groups is 2. The first-order valence-corrected chi connectivity index (χ1v) is 11.3. The van der Waals surface area contributed by atoms with Gasteiger partial charge in [0.15, 0.2) is 5.82 Å². The Bertz CT molecular complexity index is 1130. The van der Waals surface area contributed by atoms with Gasteiger partial charge >= 0.3 is 0 Å². The fourth-order valence-corrected chi connectivity index (χ4v) is 4.52. The zero-order chi connectivity index (χ0) is 23.6. The molecule has 2 heterocycles. The maximum Gasteiger partial charge on any atom is 0.249 e. The summed E-state index contributed by atoms with van der Waals surface area (Å²) in [4.78, 5) is 30.3. The van der Waals surface area contributed by atoms with Crippen molar-refractivity contribution in [3.8, 4) is 0 Å². The predicted octanol–water partition coefficient (Wildman–Crippen LogP) is 3.23. The highest BCUT2D eigenvalue weighted by Crippen LogP contribution is 2.34. The molecular weight excluding hydrogens is 440 g/mol. The average molecular weight is 467 g/mol. The molecule has 4 rings (SSSR count). The summed E-state index contributed by atoms with van der Waals surface area (Å²) in [5.41, 5.74) is 3.21. The molecule has 1 saturated heterocycles. The van der Waals surface area contributed by atoms with Gasteiger partial charge in [-0.3, -0.25) is 9.59 Å². The molecule has 1 aliphatic rings. The van der Waals surface area contributed by atoms with Crippen LogP contribution in [-0.2, 0) is 29.1 Å². The van der Waals surface area contributed by atoms with Crippen LogP contribution in [0.2, 0.25) is 5.02 Å². The second-order valence-electron chi connectivity index (χ2n) is 8.86. The van der Waals surface area contributed by atoms with Crippen LogP contribution in [0.15, 0.2) is 42.5 Å². The van der Waals surface area contributed by atoms with Crippen LogP contribution in [0.5, 0.6) is 0 Å². The Morgan fingerprint density at radius 1 is 1.09 bits per heavy atom. The number of aromatic nitrogens is 4. The van der Waals surface area contributed by atoms with E-state index in [4.69, 9.17) is 11.6 Å². The molecule has 1 fully saturated rings. The molecule has 0 saturated carbocycles. The number of hydrogen-bond acceptors (Lipinski definition) is 5. The van der Waals surface area contributed by atoms with Crippen LogP contribution >= 0.6 is 11.6 Å². The van der Waals surface area contributed by atoms with Crippen molar-refractivity contribution >= 4 is 23.4 Å². The van der Waals surface area contributed by atoms with Crippen molar-refractivity contribution < 1.29 is 9.59 Å². The fraction of sp³-hybridized carbons (Fsp3) is 0.375. The Kier molecular flexibility index (Phi) is 6.47. The summed E-state index contributed by atoms with van der Waals surface area (Å²) in [6, 6.07) is 13.5. The van der Waals surface area contributed by atoms with Gasteiger partial charge in [-0.25, -0.2) is 0 Å². The van der Waals surface area contributed by atoms with E-state index in [0.717, 1.165) is 22.3 Å². The lowest BCUT2D eigenvalue weighted by atomic mass is 9.84. The monoisotopic (exact) mass is 466 g/mol. The summed E-state index contributed by atoms with van der Waals surface area (Å²) < 4.78 is 0. The molecule has 1 N–H and O–H groups in total. The van der Waals surface area contributed by atoms with Crippen LogP contribution in [-0.4, -0.2) is 54.3 Å². The molecule has 1 aromatic heterocycles. The third-order valence-electron chi connectivity index (χ3n) is 6.11. The highest BCUT2D eigenvalue weighted by molar-refractivity contribution is 6.30. The van der Waals surface area contributed by atoms with Gasteiger partial charge in [-0.15, -0.1) is 10.2 Å². The van der Waals surface area contributed by atoms with Crippen molar-refractivity contribution in [3.63, 3.8) is 0 Å². The smallest absolute Gasteiger partial charge is 0.249 e. The first kappa shape index (κ1) is 22.9. The summed E-state index contributed by atoms with van der Waals surface area (Å²) >= 11 is 6.01. The third kappa shape index (κ3) is 5.06. The van der Waals surface area contributed by atoms with E-state index in [0.29, 0.717) is 30.4 Å². The number of amides is 2. The van der Waals surface area contributed by atoms with E-state index < -0.39 is 5.54 Å². The zero-order valence-corrected chi connectivity index (χ0v) is 19.8. The first-order chi connectivity index (χ1) is 15.7. The summed E-state index contributed by atoms with van der Waals surface area (Å²) in [7, 11) is 0. The number of halogens is 1. The molecule has 33 heavy (non-hydrogen) atoms.